The molecule has 1 heterocycles. The molecule has 1 aliphatic heterocycles. The van der Waals surface area contributed by atoms with Gasteiger partial charge in [-0.15, -0.1) is 0 Å². The molecule has 2 atom stereocenters. The van der Waals surface area contributed by atoms with Crippen LogP contribution >= 0.6 is 0 Å². The van der Waals surface area contributed by atoms with Crippen molar-refractivity contribution in [1.29, 1.82) is 0 Å². The lowest BCUT2D eigenvalue weighted by atomic mass is 9.89. The fourth-order valence-electron chi connectivity index (χ4n) is 2.33. The second-order valence-electron chi connectivity index (χ2n) is 5.78. The van der Waals surface area contributed by atoms with Gasteiger partial charge in [-0.05, 0) is 44.1 Å². The van der Waals surface area contributed by atoms with Crippen LogP contribution in [0.15, 0.2) is 0 Å². The maximum Gasteiger partial charge on any atom is 0.0576 e. The first-order valence-electron chi connectivity index (χ1n) is 6.94. The van der Waals surface area contributed by atoms with E-state index < -0.39 is 0 Å². The van der Waals surface area contributed by atoms with E-state index in [0.29, 0.717) is 12.1 Å². The third-order valence-corrected chi connectivity index (χ3v) is 3.61. The molecule has 0 amide bonds. The Morgan fingerprint density at radius 3 is 2.50 bits per heavy atom. The summed E-state index contributed by atoms with van der Waals surface area (Å²) < 4.78 is 5.69. The Morgan fingerprint density at radius 2 is 2.00 bits per heavy atom. The van der Waals surface area contributed by atoms with Gasteiger partial charge in [-0.25, -0.2) is 0 Å². The molecule has 0 bridgehead atoms. The van der Waals surface area contributed by atoms with Gasteiger partial charge >= 0.3 is 0 Å². The van der Waals surface area contributed by atoms with Crippen molar-refractivity contribution in [3.05, 3.63) is 0 Å². The highest BCUT2D eigenvalue weighted by molar-refractivity contribution is 4.72. The van der Waals surface area contributed by atoms with Gasteiger partial charge in [0.25, 0.3) is 0 Å². The van der Waals surface area contributed by atoms with Gasteiger partial charge in [0.1, 0.15) is 0 Å². The molecule has 0 aromatic carbocycles. The van der Waals surface area contributed by atoms with Crippen molar-refractivity contribution in [2.24, 2.45) is 11.8 Å². The van der Waals surface area contributed by atoms with E-state index in [1.54, 1.807) is 0 Å². The number of nitrogens with one attached hydrogen (secondary N) is 1. The van der Waals surface area contributed by atoms with Gasteiger partial charge in [-0.1, -0.05) is 27.7 Å². The van der Waals surface area contributed by atoms with Crippen molar-refractivity contribution in [3.63, 3.8) is 0 Å². The molecule has 2 nitrogen and oxygen atoms in total. The molecule has 0 aliphatic carbocycles. The molecule has 0 saturated carbocycles. The van der Waals surface area contributed by atoms with Crippen LogP contribution in [0.5, 0.6) is 0 Å². The Hall–Kier alpha value is -0.0800. The second-order valence-corrected chi connectivity index (χ2v) is 5.78. The molecule has 2 heteroatoms. The summed E-state index contributed by atoms with van der Waals surface area (Å²) in [5.74, 6) is 1.57. The van der Waals surface area contributed by atoms with Crippen LogP contribution in [0.4, 0.5) is 0 Å². The largest absolute Gasteiger partial charge is 0.378 e. The van der Waals surface area contributed by atoms with Crippen molar-refractivity contribution in [2.45, 2.75) is 65.5 Å². The van der Waals surface area contributed by atoms with E-state index in [1.165, 1.54) is 25.7 Å². The molecule has 1 fully saturated rings. The lowest BCUT2D eigenvalue weighted by Gasteiger charge is -2.24. The third-order valence-electron chi connectivity index (χ3n) is 3.61. The second kappa shape index (κ2) is 7.29. The van der Waals surface area contributed by atoms with Crippen LogP contribution in [0.25, 0.3) is 0 Å². The molecule has 2 unspecified atom stereocenters. The minimum absolute atomic E-state index is 0.556. The smallest absolute Gasteiger partial charge is 0.0576 e. The maximum absolute atomic E-state index is 5.69. The van der Waals surface area contributed by atoms with E-state index >= 15 is 0 Å². The molecule has 0 spiro atoms. The third kappa shape index (κ3) is 5.31. The molecule has 1 saturated heterocycles. The molecule has 0 radical (unpaired) electrons. The van der Waals surface area contributed by atoms with Gasteiger partial charge in [0.05, 0.1) is 6.10 Å². The summed E-state index contributed by atoms with van der Waals surface area (Å²) >= 11 is 0. The first-order valence-corrected chi connectivity index (χ1v) is 6.94. The quantitative estimate of drug-likeness (QED) is 0.721. The van der Waals surface area contributed by atoms with E-state index in [4.69, 9.17) is 4.74 Å². The zero-order chi connectivity index (χ0) is 12.0. The molecule has 0 aromatic heterocycles. The van der Waals surface area contributed by atoms with Crippen molar-refractivity contribution in [3.8, 4) is 0 Å². The summed E-state index contributed by atoms with van der Waals surface area (Å²) in [5, 5.41) is 3.56. The summed E-state index contributed by atoms with van der Waals surface area (Å²) in [4.78, 5) is 0. The van der Waals surface area contributed by atoms with Gasteiger partial charge in [0.2, 0.25) is 0 Å². The van der Waals surface area contributed by atoms with E-state index in [1.807, 2.05) is 0 Å². The molecule has 1 N–H and O–H groups in total. The van der Waals surface area contributed by atoms with Gasteiger partial charge in [-0.2, -0.15) is 0 Å². The maximum atomic E-state index is 5.69. The molecule has 0 aromatic rings. The number of hydrogen-bond acceptors (Lipinski definition) is 2. The fourth-order valence-corrected chi connectivity index (χ4v) is 2.33. The topological polar surface area (TPSA) is 21.3 Å². The van der Waals surface area contributed by atoms with Gasteiger partial charge in [0.15, 0.2) is 0 Å². The van der Waals surface area contributed by atoms with Gasteiger partial charge < -0.3 is 10.1 Å². The zero-order valence-corrected chi connectivity index (χ0v) is 11.5. The Labute approximate surface area is 101 Å². The first-order chi connectivity index (χ1) is 7.59. The highest BCUT2D eigenvalue weighted by atomic mass is 16.5. The Morgan fingerprint density at radius 1 is 1.25 bits per heavy atom. The average Bonchev–Trinajstić information content (AvgIpc) is 2.69. The molecule has 1 rings (SSSR count). The summed E-state index contributed by atoms with van der Waals surface area (Å²) in [6.45, 7) is 11.3. The molecule has 96 valence electrons. The standard InChI is InChI=1S/C14H29NO/c1-11(2)13(10-15-12(3)4)7-8-14-6-5-9-16-14/h11-15H,5-10H2,1-4H3. The van der Waals surface area contributed by atoms with Crippen LogP contribution in [-0.4, -0.2) is 25.3 Å². The molecule has 1 aliphatic rings. The summed E-state index contributed by atoms with van der Waals surface area (Å²) in [6.07, 6.45) is 5.66. The predicted molar refractivity (Wildman–Crippen MR) is 69.7 cm³/mol. The number of ether oxygens (including phenoxy) is 1. The van der Waals surface area contributed by atoms with E-state index in [2.05, 4.69) is 33.0 Å². The lowest BCUT2D eigenvalue weighted by molar-refractivity contribution is 0.0953. The normalized spacial score (nSPS) is 23.2. The minimum atomic E-state index is 0.556. The molecular weight excluding hydrogens is 198 g/mol. The zero-order valence-electron chi connectivity index (χ0n) is 11.5. The van der Waals surface area contributed by atoms with Crippen LogP contribution in [0.1, 0.15) is 53.4 Å². The van der Waals surface area contributed by atoms with E-state index in [9.17, 15) is 0 Å². The SMILES string of the molecule is CC(C)NCC(CCC1CCCO1)C(C)C. The van der Waals surface area contributed by atoms with Crippen molar-refractivity contribution < 1.29 is 4.74 Å². The molecular formula is C14H29NO. The number of rotatable bonds is 7. The Balaban J connectivity index is 2.21. The van der Waals surface area contributed by atoms with Crippen LogP contribution in [-0.2, 0) is 4.74 Å². The highest BCUT2D eigenvalue weighted by Crippen LogP contribution is 2.23. The van der Waals surface area contributed by atoms with Crippen LogP contribution in [0.2, 0.25) is 0 Å². The minimum Gasteiger partial charge on any atom is -0.378 e. The summed E-state index contributed by atoms with van der Waals surface area (Å²) in [7, 11) is 0. The van der Waals surface area contributed by atoms with E-state index in [-0.39, 0.29) is 0 Å². The highest BCUT2D eigenvalue weighted by Gasteiger charge is 2.19. The lowest BCUT2D eigenvalue weighted by Crippen LogP contribution is -2.31. The van der Waals surface area contributed by atoms with Crippen molar-refractivity contribution in [2.75, 3.05) is 13.2 Å². The summed E-state index contributed by atoms with van der Waals surface area (Å²) in [5.41, 5.74) is 0. The van der Waals surface area contributed by atoms with Crippen LogP contribution in [0.3, 0.4) is 0 Å². The predicted octanol–water partition coefficient (Wildman–Crippen LogP) is 3.22. The summed E-state index contributed by atoms with van der Waals surface area (Å²) in [6, 6.07) is 0.601. The van der Waals surface area contributed by atoms with Crippen LogP contribution in [0, 0.1) is 11.8 Å². The Bertz CT molecular complexity index is 174. The Kier molecular flexibility index (Phi) is 6.37. The van der Waals surface area contributed by atoms with Crippen molar-refractivity contribution in [1.82, 2.24) is 5.32 Å². The van der Waals surface area contributed by atoms with Crippen molar-refractivity contribution >= 4 is 0 Å². The van der Waals surface area contributed by atoms with Gasteiger partial charge in [0, 0.05) is 12.6 Å². The fraction of sp³-hybridized carbons (Fsp3) is 1.00. The number of hydrogen-bond donors (Lipinski definition) is 1. The monoisotopic (exact) mass is 227 g/mol. The van der Waals surface area contributed by atoms with E-state index in [0.717, 1.165) is 25.0 Å². The average molecular weight is 227 g/mol. The van der Waals surface area contributed by atoms with Crippen LogP contribution < -0.4 is 5.32 Å². The first kappa shape index (κ1) is 14.0. The van der Waals surface area contributed by atoms with Gasteiger partial charge in [-0.3, -0.25) is 0 Å². The molecule has 16 heavy (non-hydrogen) atoms.